The Morgan fingerprint density at radius 3 is 0.690 bits per heavy atom. The molecule has 10 heteroatoms. The molecular formula is C32H67N4O2W4-. The maximum absolute atomic E-state index is 8.81. The van der Waals surface area contributed by atoms with Crippen molar-refractivity contribution in [2.24, 2.45) is 9.98 Å². The molecule has 6 nitrogen and oxygen atoms in total. The molecule has 0 saturated heterocycles. The number of aliphatic hydroxyl groups excluding tert-OH is 1. The number of nitrogens with zero attached hydrogens (tertiary/aromatic N) is 4. The van der Waals surface area contributed by atoms with Gasteiger partial charge in [-0.05, 0) is 20.8 Å². The van der Waals surface area contributed by atoms with Crippen LogP contribution in [0.15, 0.2) is 82.8 Å². The Morgan fingerprint density at radius 2 is 0.667 bits per heavy atom. The number of aliphatic hydroxyl groups is 1. The number of carbonyl (C=O) groups excluding carboxylic acids is 1. The molecule has 0 saturated carbocycles. The molecule has 0 fully saturated rings. The summed E-state index contributed by atoms with van der Waals surface area (Å²) in [5.74, 6) is 0. The number of hydrogen-bond acceptors (Lipinski definition) is 4. The fourth-order valence-electron chi connectivity index (χ4n) is 1.23. The van der Waals surface area contributed by atoms with E-state index in [0.717, 1.165) is 6.29 Å². The summed E-state index contributed by atoms with van der Waals surface area (Å²) in [4.78, 5) is 20.1. The summed E-state index contributed by atoms with van der Waals surface area (Å²) in [6.07, 6.45) is 4.08. The maximum atomic E-state index is 8.81. The van der Waals surface area contributed by atoms with Gasteiger partial charge in [0.1, 0.15) is 6.29 Å². The number of hydrogen-bond donors (Lipinski definition) is 1. The minimum absolute atomic E-state index is 0. The third-order valence-electron chi connectivity index (χ3n) is 2.03. The molecule has 0 bridgehead atoms. The fourth-order valence-corrected chi connectivity index (χ4v) is 1.23. The number of benzene rings is 2. The van der Waals surface area contributed by atoms with Crippen molar-refractivity contribution in [1.82, 2.24) is 9.80 Å². The van der Waals surface area contributed by atoms with Gasteiger partial charge in [0.25, 0.3) is 0 Å². The Balaban J connectivity index is -0.0000000209. The molecule has 0 amide bonds. The molecule has 0 unspecified atom stereocenters. The number of aliphatic imine (C=N–C) groups is 2. The van der Waals surface area contributed by atoms with E-state index >= 15 is 0 Å². The maximum Gasteiger partial charge on any atom is 0.116 e. The predicted molar refractivity (Wildman–Crippen MR) is 181 cm³/mol. The molecule has 0 aliphatic carbocycles. The van der Waals surface area contributed by atoms with Gasteiger partial charge < -0.3 is 27.1 Å². The van der Waals surface area contributed by atoms with Crippen molar-refractivity contribution < 1.29 is 94.2 Å². The van der Waals surface area contributed by atoms with Crippen molar-refractivity contribution in [1.29, 1.82) is 0 Å². The van der Waals surface area contributed by atoms with E-state index in [0.29, 0.717) is 0 Å². The van der Waals surface area contributed by atoms with Gasteiger partial charge in [-0.3, -0.25) is 9.98 Å². The normalized spacial score (nSPS) is 6.55. The van der Waals surface area contributed by atoms with Crippen LogP contribution in [0.2, 0.25) is 0 Å². The second kappa shape index (κ2) is 97.1. The molecule has 1 N–H and O–H groups in total. The van der Waals surface area contributed by atoms with Gasteiger partial charge in [-0.1, -0.05) is 115 Å². The zero-order valence-electron chi connectivity index (χ0n) is 27.5. The van der Waals surface area contributed by atoms with Crippen LogP contribution in [-0.2, 0) is 89.1 Å². The van der Waals surface area contributed by atoms with E-state index in [4.69, 9.17) is 9.90 Å². The molecular weight excluding hydrogens is 1210 g/mol. The van der Waals surface area contributed by atoms with E-state index in [1.807, 2.05) is 138 Å². The van der Waals surface area contributed by atoms with E-state index in [1.165, 1.54) is 6.92 Å². The van der Waals surface area contributed by atoms with Crippen molar-refractivity contribution in [3.8, 4) is 0 Å². The van der Waals surface area contributed by atoms with E-state index in [2.05, 4.69) is 9.98 Å². The van der Waals surface area contributed by atoms with E-state index in [9.17, 15) is 0 Å². The van der Waals surface area contributed by atoms with Crippen molar-refractivity contribution in [2.75, 3.05) is 42.3 Å². The first-order valence-corrected chi connectivity index (χ1v) is 11.9. The van der Waals surface area contributed by atoms with Crippen molar-refractivity contribution in [3.63, 3.8) is 0 Å². The molecule has 2 aromatic rings. The molecule has 0 aliphatic rings. The largest absolute Gasteiger partial charge is 0.394 e. The smallest absolute Gasteiger partial charge is 0.116 e. The van der Waals surface area contributed by atoms with Gasteiger partial charge in [0.2, 0.25) is 0 Å². The molecule has 2 aromatic carbocycles. The van der Waals surface area contributed by atoms with Crippen LogP contribution in [0.3, 0.4) is 0 Å². The number of rotatable bonds is 2. The molecule has 2 rings (SSSR count). The second-order valence-corrected chi connectivity index (χ2v) is 6.31. The Labute approximate surface area is 322 Å². The van der Waals surface area contributed by atoms with E-state index < -0.39 is 0 Å². The SMILES string of the molecule is C.C.CC.CC.CC(C)O.CC=O.CN=CN(C)C.CN=CN(C)C.[CH3-].[W].[W].[W].[W].c1ccccc1.c1ccccc1. The van der Waals surface area contributed by atoms with Crippen LogP contribution < -0.4 is 0 Å². The van der Waals surface area contributed by atoms with Crippen molar-refractivity contribution in [3.05, 3.63) is 80.2 Å². The quantitative estimate of drug-likeness (QED) is 0.143. The number of carbonyl (C=O) groups is 1. The summed E-state index contributed by atoms with van der Waals surface area (Å²) in [5, 5.41) is 8.06. The minimum atomic E-state index is -0.167. The predicted octanol–water partition coefficient (Wildman–Crippen LogP) is 8.14. The summed E-state index contributed by atoms with van der Waals surface area (Å²) < 4.78 is 0. The number of aldehydes is 1. The van der Waals surface area contributed by atoms with E-state index in [-0.39, 0.29) is 113 Å². The summed E-state index contributed by atoms with van der Waals surface area (Å²) in [6.45, 7) is 12.9. The summed E-state index contributed by atoms with van der Waals surface area (Å²) in [7, 11) is 11.2. The van der Waals surface area contributed by atoms with Gasteiger partial charge in [0, 0.05) is 133 Å². The van der Waals surface area contributed by atoms with Gasteiger partial charge in [0.05, 0.1) is 12.7 Å². The van der Waals surface area contributed by atoms with Gasteiger partial charge in [-0.2, -0.15) is 0 Å². The Kier molecular flexibility index (Phi) is 194. The third-order valence-corrected chi connectivity index (χ3v) is 2.03. The van der Waals surface area contributed by atoms with Crippen LogP contribution in [0.25, 0.3) is 0 Å². The Bertz CT molecular complexity index is 490. The molecule has 0 aliphatic heterocycles. The molecule has 252 valence electrons. The standard InChI is InChI=1S/2C6H6.2C4H10N2.C3H8O.C2H4O.2C2H6.2CH4.CH3.4W/c2*1-2-4-6-5-3-1;2*1-5-4-6(2)3;1-3(2)4;1-2-3;2*1-2;;;;;;;/h2*1-6H;2*4H,1-3H3;3-4H,1-2H3;2H,1H3;2*1-2H3;2*1H4;1H3;;;;/q;;;;;;;;;;-1;;;;. The first kappa shape index (κ1) is 83.9. The topological polar surface area (TPSA) is 68.5 Å². The first-order chi connectivity index (χ1) is 16.7. The summed E-state index contributed by atoms with van der Waals surface area (Å²) in [6, 6.07) is 24.0. The van der Waals surface area contributed by atoms with Crippen LogP contribution >= 0.6 is 0 Å². The van der Waals surface area contributed by atoms with Crippen molar-refractivity contribution in [2.45, 2.75) is 69.4 Å². The fraction of sp³-hybridized carbons (Fsp3) is 0.500. The van der Waals surface area contributed by atoms with Crippen LogP contribution in [0.1, 0.15) is 63.3 Å². The Morgan fingerprint density at radius 1 is 0.571 bits per heavy atom. The third kappa shape index (κ3) is 189. The zero-order valence-corrected chi connectivity index (χ0v) is 39.2. The second-order valence-electron chi connectivity index (χ2n) is 6.31. The van der Waals surface area contributed by atoms with Crippen LogP contribution in [-0.4, -0.2) is 82.3 Å². The molecule has 0 atom stereocenters. The van der Waals surface area contributed by atoms with Crippen LogP contribution in [0.5, 0.6) is 0 Å². The van der Waals surface area contributed by atoms with Crippen molar-refractivity contribution >= 4 is 19.0 Å². The Hall–Kier alpha value is -0.237. The average molecular weight is 1280 g/mol. The first-order valence-electron chi connectivity index (χ1n) is 11.9. The monoisotopic (exact) mass is 1280 g/mol. The van der Waals surface area contributed by atoms with Gasteiger partial charge in [-0.25, -0.2) is 0 Å². The zero-order chi connectivity index (χ0) is 28.8. The van der Waals surface area contributed by atoms with Crippen LogP contribution in [0, 0.1) is 7.43 Å². The van der Waals surface area contributed by atoms with Gasteiger partial charge in [0.15, 0.2) is 0 Å². The minimum Gasteiger partial charge on any atom is -0.394 e. The van der Waals surface area contributed by atoms with Crippen LogP contribution in [0.4, 0.5) is 0 Å². The molecule has 0 radical (unpaired) electrons. The molecule has 0 spiro atoms. The average Bonchev–Trinajstić information content (AvgIpc) is 2.85. The molecule has 0 aromatic heterocycles. The molecule has 0 heterocycles. The van der Waals surface area contributed by atoms with E-state index in [1.54, 1.807) is 40.6 Å². The van der Waals surface area contributed by atoms with Gasteiger partial charge in [-0.15, -0.1) is 0 Å². The summed E-state index contributed by atoms with van der Waals surface area (Å²) >= 11 is 0. The van der Waals surface area contributed by atoms with Gasteiger partial charge >= 0.3 is 0 Å². The molecule has 42 heavy (non-hydrogen) atoms. The summed E-state index contributed by atoms with van der Waals surface area (Å²) in [5.41, 5.74) is 0.